The molecule has 6 heteroatoms. The Balaban J connectivity index is 2.24. The van der Waals surface area contributed by atoms with Gasteiger partial charge in [-0.3, -0.25) is 4.98 Å². The number of hydrogen-bond acceptors (Lipinski definition) is 5. The zero-order valence-corrected chi connectivity index (χ0v) is 11.9. The first-order valence-electron chi connectivity index (χ1n) is 6.11. The number of benzene rings is 1. The molecular weight excluding hydrogens is 276 g/mol. The Morgan fingerprint density at radius 3 is 2.70 bits per heavy atom. The molecule has 20 heavy (non-hydrogen) atoms. The van der Waals surface area contributed by atoms with Gasteiger partial charge in [-0.1, -0.05) is 6.07 Å². The molecule has 0 spiro atoms. The monoisotopic (exact) mass is 292 g/mol. The Morgan fingerprint density at radius 1 is 1.20 bits per heavy atom. The van der Waals surface area contributed by atoms with E-state index in [1.54, 1.807) is 24.5 Å². The maximum atomic E-state index is 11.5. The van der Waals surface area contributed by atoms with Crippen LogP contribution in [0.5, 0.6) is 11.5 Å². The minimum Gasteiger partial charge on any atom is -0.456 e. The molecule has 0 atom stereocenters. The number of aromatic nitrogens is 1. The van der Waals surface area contributed by atoms with Crippen molar-refractivity contribution in [3.05, 3.63) is 48.3 Å². The molecule has 0 bridgehead atoms. The van der Waals surface area contributed by atoms with Crippen molar-refractivity contribution >= 4 is 9.84 Å². The van der Waals surface area contributed by atoms with Crippen LogP contribution in [-0.2, 0) is 16.3 Å². The summed E-state index contributed by atoms with van der Waals surface area (Å²) in [5, 5.41) is 0. The van der Waals surface area contributed by atoms with E-state index in [9.17, 15) is 8.42 Å². The molecule has 0 aliphatic heterocycles. The third kappa shape index (κ3) is 3.79. The third-order valence-electron chi connectivity index (χ3n) is 2.67. The van der Waals surface area contributed by atoms with Crippen molar-refractivity contribution in [2.24, 2.45) is 5.73 Å². The first kappa shape index (κ1) is 14.5. The van der Waals surface area contributed by atoms with Crippen molar-refractivity contribution in [2.75, 3.05) is 12.8 Å². The molecule has 106 valence electrons. The summed E-state index contributed by atoms with van der Waals surface area (Å²) in [6.07, 6.45) is 5.18. The van der Waals surface area contributed by atoms with E-state index in [1.165, 1.54) is 12.1 Å². The summed E-state index contributed by atoms with van der Waals surface area (Å²) in [5.41, 5.74) is 6.47. The van der Waals surface area contributed by atoms with Gasteiger partial charge in [0.05, 0.1) is 11.1 Å². The lowest BCUT2D eigenvalue weighted by Crippen LogP contribution is -2.03. The van der Waals surface area contributed by atoms with Crippen LogP contribution in [0.4, 0.5) is 0 Å². The summed E-state index contributed by atoms with van der Waals surface area (Å²) < 4.78 is 28.6. The second-order valence-corrected chi connectivity index (χ2v) is 6.43. The number of ether oxygens (including phenoxy) is 1. The van der Waals surface area contributed by atoms with Crippen LogP contribution in [0.15, 0.2) is 47.6 Å². The molecule has 2 rings (SSSR count). The average Bonchev–Trinajstić information content (AvgIpc) is 2.39. The van der Waals surface area contributed by atoms with Crippen molar-refractivity contribution in [3.63, 3.8) is 0 Å². The summed E-state index contributed by atoms with van der Waals surface area (Å²) >= 11 is 0. The summed E-state index contributed by atoms with van der Waals surface area (Å²) in [4.78, 5) is 4.29. The Hall–Kier alpha value is -1.92. The zero-order valence-electron chi connectivity index (χ0n) is 11.1. The highest BCUT2D eigenvalue weighted by Crippen LogP contribution is 2.24. The van der Waals surface area contributed by atoms with Crippen LogP contribution >= 0.6 is 0 Å². The Bertz CT molecular complexity index is 699. The fraction of sp³-hybridized carbons (Fsp3) is 0.214. The van der Waals surface area contributed by atoms with Gasteiger partial charge in [-0.25, -0.2) is 8.42 Å². The molecular formula is C14H16N2O3S. The van der Waals surface area contributed by atoms with Crippen molar-refractivity contribution in [3.8, 4) is 11.5 Å². The number of rotatable bonds is 5. The lowest BCUT2D eigenvalue weighted by atomic mass is 10.2. The topological polar surface area (TPSA) is 82.3 Å². The molecule has 5 nitrogen and oxygen atoms in total. The fourth-order valence-corrected chi connectivity index (χ4v) is 2.38. The predicted molar refractivity (Wildman–Crippen MR) is 76.6 cm³/mol. The van der Waals surface area contributed by atoms with Crippen LogP contribution in [0.3, 0.4) is 0 Å². The molecule has 2 N–H and O–H groups in total. The molecule has 0 radical (unpaired) electrons. The molecule has 0 fully saturated rings. The number of pyridine rings is 1. The molecule has 0 unspecified atom stereocenters. The van der Waals surface area contributed by atoms with E-state index in [0.717, 1.165) is 11.8 Å². The van der Waals surface area contributed by atoms with Crippen molar-refractivity contribution < 1.29 is 13.2 Å². The van der Waals surface area contributed by atoms with Crippen LogP contribution in [0.1, 0.15) is 5.56 Å². The lowest BCUT2D eigenvalue weighted by Gasteiger charge is -2.08. The van der Waals surface area contributed by atoms with E-state index in [4.69, 9.17) is 10.5 Å². The first-order valence-corrected chi connectivity index (χ1v) is 8.00. The van der Waals surface area contributed by atoms with Gasteiger partial charge in [0.15, 0.2) is 9.84 Å². The van der Waals surface area contributed by atoms with E-state index in [2.05, 4.69) is 4.98 Å². The quantitative estimate of drug-likeness (QED) is 0.908. The molecule has 1 aromatic heterocycles. The van der Waals surface area contributed by atoms with Crippen LogP contribution in [-0.4, -0.2) is 26.2 Å². The van der Waals surface area contributed by atoms with Crippen molar-refractivity contribution in [2.45, 2.75) is 11.3 Å². The number of nitrogens with zero attached hydrogens (tertiary/aromatic N) is 1. The van der Waals surface area contributed by atoms with Gasteiger partial charge < -0.3 is 10.5 Å². The molecule has 2 aromatic rings. The van der Waals surface area contributed by atoms with Crippen molar-refractivity contribution in [1.82, 2.24) is 4.98 Å². The van der Waals surface area contributed by atoms with Gasteiger partial charge in [0.2, 0.25) is 0 Å². The maximum Gasteiger partial charge on any atom is 0.175 e. The molecule has 1 aromatic carbocycles. The first-order chi connectivity index (χ1) is 9.49. The third-order valence-corrected chi connectivity index (χ3v) is 3.78. The molecule has 0 amide bonds. The average molecular weight is 292 g/mol. The highest BCUT2D eigenvalue weighted by atomic mass is 32.2. The fourth-order valence-electron chi connectivity index (χ4n) is 1.73. The normalized spacial score (nSPS) is 11.3. The second kappa shape index (κ2) is 6.02. The number of nitrogens with two attached hydrogens (primary N) is 1. The minimum absolute atomic E-state index is 0.223. The second-order valence-electron chi connectivity index (χ2n) is 4.42. The summed E-state index contributed by atoms with van der Waals surface area (Å²) in [5.74, 6) is 1.02. The highest BCUT2D eigenvalue weighted by Gasteiger charge is 2.08. The van der Waals surface area contributed by atoms with Crippen LogP contribution < -0.4 is 10.5 Å². The summed E-state index contributed by atoms with van der Waals surface area (Å²) in [6, 6.07) is 8.20. The van der Waals surface area contributed by atoms with E-state index < -0.39 is 9.84 Å². The highest BCUT2D eigenvalue weighted by molar-refractivity contribution is 7.90. The Labute approximate surface area is 118 Å². The van der Waals surface area contributed by atoms with Crippen LogP contribution in [0, 0.1) is 0 Å². The largest absolute Gasteiger partial charge is 0.456 e. The molecule has 0 aliphatic rings. The van der Waals surface area contributed by atoms with E-state index >= 15 is 0 Å². The van der Waals surface area contributed by atoms with E-state index in [1.807, 2.05) is 6.07 Å². The van der Waals surface area contributed by atoms with Gasteiger partial charge in [-0.2, -0.15) is 0 Å². The van der Waals surface area contributed by atoms with Gasteiger partial charge in [-0.15, -0.1) is 0 Å². The maximum absolute atomic E-state index is 11.5. The molecule has 0 aliphatic carbocycles. The molecule has 1 heterocycles. The standard InChI is InChI=1S/C14H16N2O3S/c1-20(17,18)14-4-2-3-12(8-14)19-13-7-11(5-6-15)9-16-10-13/h2-4,7-10H,5-6,15H2,1H3. The van der Waals surface area contributed by atoms with Gasteiger partial charge in [0.25, 0.3) is 0 Å². The summed E-state index contributed by atoms with van der Waals surface area (Å²) in [6.45, 7) is 0.536. The molecule has 0 saturated heterocycles. The van der Waals surface area contributed by atoms with E-state index in [-0.39, 0.29) is 4.90 Å². The number of sulfone groups is 1. The van der Waals surface area contributed by atoms with Crippen LogP contribution in [0.25, 0.3) is 0 Å². The van der Waals surface area contributed by atoms with E-state index in [0.29, 0.717) is 24.5 Å². The summed E-state index contributed by atoms with van der Waals surface area (Å²) in [7, 11) is -3.25. The Morgan fingerprint density at radius 2 is 2.00 bits per heavy atom. The lowest BCUT2D eigenvalue weighted by molar-refractivity contribution is 0.477. The van der Waals surface area contributed by atoms with Gasteiger partial charge in [0.1, 0.15) is 11.5 Å². The number of hydrogen-bond donors (Lipinski definition) is 1. The SMILES string of the molecule is CS(=O)(=O)c1cccc(Oc2cncc(CCN)c2)c1. The zero-order chi connectivity index (χ0) is 14.6. The van der Waals surface area contributed by atoms with Gasteiger partial charge in [0, 0.05) is 12.5 Å². The minimum atomic E-state index is -3.25. The molecule has 0 saturated carbocycles. The smallest absolute Gasteiger partial charge is 0.175 e. The predicted octanol–water partition coefficient (Wildman–Crippen LogP) is 1.78. The van der Waals surface area contributed by atoms with Crippen LogP contribution in [0.2, 0.25) is 0 Å². The van der Waals surface area contributed by atoms with Gasteiger partial charge >= 0.3 is 0 Å². The van der Waals surface area contributed by atoms with Crippen molar-refractivity contribution in [1.29, 1.82) is 0 Å². The van der Waals surface area contributed by atoms with Gasteiger partial charge in [-0.05, 0) is 42.8 Å². The Kier molecular flexibility index (Phi) is 4.36.